The first-order chi connectivity index (χ1) is 6.45. The zero-order valence-corrected chi connectivity index (χ0v) is 10.0. The van der Waals surface area contributed by atoms with E-state index in [4.69, 9.17) is 0 Å². The highest BCUT2D eigenvalue weighted by molar-refractivity contribution is 5.34. The van der Waals surface area contributed by atoms with Gasteiger partial charge in [-0.2, -0.15) is 10.2 Å². The van der Waals surface area contributed by atoms with E-state index in [9.17, 15) is 0 Å². The van der Waals surface area contributed by atoms with Gasteiger partial charge in [0.2, 0.25) is 0 Å². The Kier molecular flexibility index (Phi) is 3.25. The van der Waals surface area contributed by atoms with E-state index in [1.54, 1.807) is 0 Å². The topological polar surface area (TPSA) is 25.8 Å². The van der Waals surface area contributed by atoms with Crippen LogP contribution in [0.25, 0.3) is 0 Å². The van der Waals surface area contributed by atoms with Crippen molar-refractivity contribution < 1.29 is 0 Å². The van der Waals surface area contributed by atoms with Gasteiger partial charge in [-0.05, 0) is 36.8 Å². The summed E-state index contributed by atoms with van der Waals surface area (Å²) in [6.07, 6.45) is 0. The molecular weight excluding hydrogens is 172 g/mol. The number of aryl methyl sites for hydroxylation is 1. The minimum absolute atomic E-state index is 0.459. The van der Waals surface area contributed by atoms with Gasteiger partial charge in [-0.15, -0.1) is 0 Å². The Labute approximate surface area is 86.8 Å². The largest absolute Gasteiger partial charge is 0.155 e. The number of hydrogen-bond donors (Lipinski definition) is 0. The van der Waals surface area contributed by atoms with Crippen molar-refractivity contribution in [2.24, 2.45) is 0 Å². The molecule has 0 N–H and O–H groups in total. The van der Waals surface area contributed by atoms with Crippen LogP contribution in [0.1, 0.15) is 62.0 Å². The molecule has 0 aliphatic rings. The first kappa shape index (κ1) is 11.2. The molecule has 0 saturated heterocycles. The molecule has 0 unspecified atom stereocenters. The Balaban J connectivity index is 3.34. The van der Waals surface area contributed by atoms with Crippen LogP contribution in [0.3, 0.4) is 0 Å². The van der Waals surface area contributed by atoms with Crippen LogP contribution in [0.2, 0.25) is 0 Å². The fraction of sp³-hybridized carbons (Fsp3) is 0.667. The van der Waals surface area contributed by atoms with E-state index in [1.807, 2.05) is 6.92 Å². The molecular formula is C12H20N2. The fourth-order valence-corrected chi connectivity index (χ4v) is 2.07. The highest BCUT2D eigenvalue weighted by atomic mass is 15.1. The highest BCUT2D eigenvalue weighted by Gasteiger charge is 2.14. The summed E-state index contributed by atoms with van der Waals surface area (Å²) >= 11 is 0. The molecule has 0 spiro atoms. The maximum absolute atomic E-state index is 4.27. The lowest BCUT2D eigenvalue weighted by atomic mass is 9.93. The van der Waals surface area contributed by atoms with Crippen LogP contribution >= 0.6 is 0 Å². The van der Waals surface area contributed by atoms with Gasteiger partial charge < -0.3 is 0 Å². The maximum atomic E-state index is 4.27. The quantitative estimate of drug-likeness (QED) is 0.718. The summed E-state index contributed by atoms with van der Waals surface area (Å²) in [5, 5.41) is 8.50. The molecule has 0 aliphatic carbocycles. The molecule has 0 atom stereocenters. The van der Waals surface area contributed by atoms with Gasteiger partial charge in [0.15, 0.2) is 0 Å². The molecule has 2 heteroatoms. The van der Waals surface area contributed by atoms with Crippen molar-refractivity contribution in [3.8, 4) is 0 Å². The average Bonchev–Trinajstić information content (AvgIpc) is 2.02. The second kappa shape index (κ2) is 4.07. The second-order valence-corrected chi connectivity index (χ2v) is 4.52. The molecule has 1 aromatic rings. The monoisotopic (exact) mass is 192 g/mol. The SMILES string of the molecule is Cc1nnc(C(C)C)c(C)c1C(C)C. The van der Waals surface area contributed by atoms with Gasteiger partial charge >= 0.3 is 0 Å². The maximum Gasteiger partial charge on any atom is 0.0688 e. The summed E-state index contributed by atoms with van der Waals surface area (Å²) in [6, 6.07) is 0. The van der Waals surface area contributed by atoms with Gasteiger partial charge in [-0.25, -0.2) is 0 Å². The molecule has 0 amide bonds. The summed E-state index contributed by atoms with van der Waals surface area (Å²) in [7, 11) is 0. The molecule has 0 aliphatic heterocycles. The molecule has 78 valence electrons. The van der Waals surface area contributed by atoms with Crippen molar-refractivity contribution in [3.63, 3.8) is 0 Å². The average molecular weight is 192 g/mol. The second-order valence-electron chi connectivity index (χ2n) is 4.52. The lowest BCUT2D eigenvalue weighted by Crippen LogP contribution is -2.07. The minimum atomic E-state index is 0.459. The molecule has 0 fully saturated rings. The first-order valence-corrected chi connectivity index (χ1v) is 5.28. The predicted molar refractivity (Wildman–Crippen MR) is 59.7 cm³/mol. The summed E-state index contributed by atoms with van der Waals surface area (Å²) < 4.78 is 0. The molecule has 1 heterocycles. The Hall–Kier alpha value is -0.920. The third-order valence-corrected chi connectivity index (χ3v) is 2.61. The smallest absolute Gasteiger partial charge is 0.0688 e. The lowest BCUT2D eigenvalue weighted by molar-refractivity contribution is 0.730. The van der Waals surface area contributed by atoms with Crippen LogP contribution in [0.5, 0.6) is 0 Å². The highest BCUT2D eigenvalue weighted by Crippen LogP contribution is 2.26. The van der Waals surface area contributed by atoms with Crippen molar-refractivity contribution in [1.29, 1.82) is 0 Å². The van der Waals surface area contributed by atoms with E-state index >= 15 is 0 Å². The van der Waals surface area contributed by atoms with E-state index in [-0.39, 0.29) is 0 Å². The third kappa shape index (κ3) is 1.94. The van der Waals surface area contributed by atoms with Gasteiger partial charge in [0, 0.05) is 0 Å². The third-order valence-electron chi connectivity index (χ3n) is 2.61. The van der Waals surface area contributed by atoms with E-state index in [0.29, 0.717) is 11.8 Å². The van der Waals surface area contributed by atoms with Crippen LogP contribution in [-0.2, 0) is 0 Å². The molecule has 14 heavy (non-hydrogen) atoms. The molecule has 1 aromatic heterocycles. The van der Waals surface area contributed by atoms with Crippen LogP contribution < -0.4 is 0 Å². The van der Waals surface area contributed by atoms with Crippen LogP contribution in [0.15, 0.2) is 0 Å². The summed E-state index contributed by atoms with van der Waals surface area (Å²) in [5.41, 5.74) is 4.90. The summed E-state index contributed by atoms with van der Waals surface area (Å²) in [5.74, 6) is 0.989. The Bertz CT molecular complexity index is 327. The van der Waals surface area contributed by atoms with Gasteiger partial charge in [0.25, 0.3) is 0 Å². The molecule has 0 saturated carbocycles. The Morgan fingerprint density at radius 2 is 1.43 bits per heavy atom. The van der Waals surface area contributed by atoms with Crippen LogP contribution in [0, 0.1) is 13.8 Å². The normalized spacial score (nSPS) is 11.4. The molecule has 1 rings (SSSR count). The summed E-state index contributed by atoms with van der Waals surface area (Å²) in [4.78, 5) is 0. The van der Waals surface area contributed by atoms with Gasteiger partial charge in [-0.1, -0.05) is 27.7 Å². The zero-order chi connectivity index (χ0) is 10.9. The van der Waals surface area contributed by atoms with E-state index in [2.05, 4.69) is 44.8 Å². The van der Waals surface area contributed by atoms with E-state index < -0.39 is 0 Å². The fourth-order valence-electron chi connectivity index (χ4n) is 2.07. The van der Waals surface area contributed by atoms with E-state index in [0.717, 1.165) is 11.4 Å². The Morgan fingerprint density at radius 3 is 1.86 bits per heavy atom. The number of aromatic nitrogens is 2. The molecule has 0 aromatic carbocycles. The summed E-state index contributed by atoms with van der Waals surface area (Å²) in [6.45, 7) is 12.9. The van der Waals surface area contributed by atoms with Gasteiger partial charge in [0.1, 0.15) is 0 Å². The van der Waals surface area contributed by atoms with Gasteiger partial charge in [0.05, 0.1) is 11.4 Å². The van der Waals surface area contributed by atoms with Crippen LogP contribution in [-0.4, -0.2) is 10.2 Å². The molecule has 2 nitrogen and oxygen atoms in total. The van der Waals surface area contributed by atoms with E-state index in [1.165, 1.54) is 11.1 Å². The van der Waals surface area contributed by atoms with Gasteiger partial charge in [-0.3, -0.25) is 0 Å². The molecule has 0 radical (unpaired) electrons. The number of hydrogen-bond acceptors (Lipinski definition) is 2. The predicted octanol–water partition coefficient (Wildman–Crippen LogP) is 3.34. The van der Waals surface area contributed by atoms with Crippen molar-refractivity contribution in [1.82, 2.24) is 10.2 Å². The standard InChI is InChI=1S/C12H20N2/c1-7(2)11-9(5)12(8(3)4)14-13-10(11)6/h7-8H,1-6H3. The minimum Gasteiger partial charge on any atom is -0.155 e. The van der Waals surface area contributed by atoms with Crippen molar-refractivity contribution in [3.05, 3.63) is 22.5 Å². The first-order valence-electron chi connectivity index (χ1n) is 5.28. The Morgan fingerprint density at radius 1 is 0.857 bits per heavy atom. The number of nitrogens with zero attached hydrogens (tertiary/aromatic N) is 2. The van der Waals surface area contributed by atoms with Crippen molar-refractivity contribution in [2.75, 3.05) is 0 Å². The lowest BCUT2D eigenvalue weighted by Gasteiger charge is -2.16. The number of rotatable bonds is 2. The van der Waals surface area contributed by atoms with Crippen molar-refractivity contribution >= 4 is 0 Å². The van der Waals surface area contributed by atoms with Crippen molar-refractivity contribution in [2.45, 2.75) is 53.4 Å². The molecule has 0 bridgehead atoms. The zero-order valence-electron chi connectivity index (χ0n) is 10.0. The van der Waals surface area contributed by atoms with Crippen LogP contribution in [0.4, 0.5) is 0 Å².